The molecule has 0 aliphatic carbocycles. The third-order valence-electron chi connectivity index (χ3n) is 2.97. The summed E-state index contributed by atoms with van der Waals surface area (Å²) in [4.78, 5) is 0. The fraction of sp³-hybridized carbons (Fsp3) is 1.00. The van der Waals surface area contributed by atoms with E-state index in [1.54, 1.807) is 0 Å². The molecule has 0 spiro atoms. The molecule has 2 unspecified atom stereocenters. The molecule has 14 heavy (non-hydrogen) atoms. The van der Waals surface area contributed by atoms with Crippen LogP contribution >= 0.6 is 0 Å². The Labute approximate surface area is 87.6 Å². The van der Waals surface area contributed by atoms with Crippen LogP contribution in [-0.2, 0) is 4.74 Å². The highest BCUT2D eigenvalue weighted by Gasteiger charge is 2.23. The Morgan fingerprint density at radius 3 is 2.71 bits per heavy atom. The Hall–Kier alpha value is -0.120. The SMILES string of the molecule is CNCCCCNCC1CCOC1C. The summed E-state index contributed by atoms with van der Waals surface area (Å²) in [6.45, 7) is 6.53. The molecule has 1 fully saturated rings. The maximum absolute atomic E-state index is 5.51. The van der Waals surface area contributed by atoms with Crippen molar-refractivity contribution >= 4 is 0 Å². The van der Waals surface area contributed by atoms with Crippen molar-refractivity contribution in [2.45, 2.75) is 32.3 Å². The van der Waals surface area contributed by atoms with E-state index in [2.05, 4.69) is 17.6 Å². The Balaban J connectivity index is 1.88. The lowest BCUT2D eigenvalue weighted by Crippen LogP contribution is -2.28. The number of hydrogen-bond acceptors (Lipinski definition) is 3. The number of nitrogens with one attached hydrogen (secondary N) is 2. The number of ether oxygens (including phenoxy) is 1. The van der Waals surface area contributed by atoms with Gasteiger partial charge in [-0.2, -0.15) is 0 Å². The predicted octanol–water partition coefficient (Wildman–Crippen LogP) is 1.00. The van der Waals surface area contributed by atoms with Crippen LogP contribution < -0.4 is 10.6 Å². The van der Waals surface area contributed by atoms with E-state index in [0.29, 0.717) is 6.10 Å². The first kappa shape index (κ1) is 12.0. The molecule has 0 aromatic rings. The Morgan fingerprint density at radius 2 is 2.07 bits per heavy atom. The second kappa shape index (κ2) is 7.21. The van der Waals surface area contributed by atoms with Crippen molar-refractivity contribution in [3.05, 3.63) is 0 Å². The Kier molecular flexibility index (Phi) is 6.15. The quantitative estimate of drug-likeness (QED) is 0.602. The molecular formula is C11H24N2O. The third kappa shape index (κ3) is 4.40. The maximum atomic E-state index is 5.51. The van der Waals surface area contributed by atoms with E-state index in [-0.39, 0.29) is 0 Å². The van der Waals surface area contributed by atoms with Crippen molar-refractivity contribution < 1.29 is 4.74 Å². The first-order valence-electron chi connectivity index (χ1n) is 5.81. The average molecular weight is 200 g/mol. The van der Waals surface area contributed by atoms with E-state index in [1.807, 2.05) is 7.05 Å². The van der Waals surface area contributed by atoms with Gasteiger partial charge >= 0.3 is 0 Å². The number of unbranched alkanes of at least 4 members (excludes halogenated alkanes) is 1. The van der Waals surface area contributed by atoms with Gasteiger partial charge in [0, 0.05) is 13.2 Å². The summed E-state index contributed by atoms with van der Waals surface area (Å²) in [5.74, 6) is 0.735. The summed E-state index contributed by atoms with van der Waals surface area (Å²) in [6, 6.07) is 0. The third-order valence-corrected chi connectivity index (χ3v) is 2.97. The van der Waals surface area contributed by atoms with Gasteiger partial charge in [0.05, 0.1) is 6.10 Å². The van der Waals surface area contributed by atoms with E-state index in [4.69, 9.17) is 4.74 Å². The molecule has 1 aliphatic heterocycles. The van der Waals surface area contributed by atoms with Crippen molar-refractivity contribution in [2.24, 2.45) is 5.92 Å². The summed E-state index contributed by atoms with van der Waals surface area (Å²) < 4.78 is 5.51. The van der Waals surface area contributed by atoms with Crippen LogP contribution in [0.25, 0.3) is 0 Å². The van der Waals surface area contributed by atoms with Crippen molar-refractivity contribution in [1.82, 2.24) is 10.6 Å². The molecule has 2 atom stereocenters. The smallest absolute Gasteiger partial charge is 0.0588 e. The summed E-state index contributed by atoms with van der Waals surface area (Å²) in [5.41, 5.74) is 0. The monoisotopic (exact) mass is 200 g/mol. The van der Waals surface area contributed by atoms with Gasteiger partial charge in [0.1, 0.15) is 0 Å². The highest BCUT2D eigenvalue weighted by atomic mass is 16.5. The molecule has 1 heterocycles. The molecule has 1 rings (SSSR count). The summed E-state index contributed by atoms with van der Waals surface area (Å²) >= 11 is 0. The molecule has 3 nitrogen and oxygen atoms in total. The lowest BCUT2D eigenvalue weighted by Gasteiger charge is -2.14. The molecule has 1 aliphatic rings. The summed E-state index contributed by atoms with van der Waals surface area (Å²) in [6.07, 6.45) is 4.22. The van der Waals surface area contributed by atoms with Gasteiger partial charge in [-0.05, 0) is 52.2 Å². The lowest BCUT2D eigenvalue weighted by atomic mass is 10.0. The van der Waals surface area contributed by atoms with E-state index < -0.39 is 0 Å². The summed E-state index contributed by atoms with van der Waals surface area (Å²) in [5, 5.41) is 6.67. The van der Waals surface area contributed by atoms with Gasteiger partial charge in [-0.15, -0.1) is 0 Å². The van der Waals surface area contributed by atoms with Crippen LogP contribution in [0.2, 0.25) is 0 Å². The molecular weight excluding hydrogens is 176 g/mol. The molecule has 0 amide bonds. The standard InChI is InChI=1S/C11H24N2O/c1-10-11(5-8-14-10)9-13-7-4-3-6-12-2/h10-13H,3-9H2,1-2H3. The van der Waals surface area contributed by atoms with Gasteiger partial charge < -0.3 is 15.4 Å². The van der Waals surface area contributed by atoms with Crippen molar-refractivity contribution in [1.29, 1.82) is 0 Å². The topological polar surface area (TPSA) is 33.3 Å². The first-order chi connectivity index (χ1) is 6.84. The fourth-order valence-corrected chi connectivity index (χ4v) is 1.88. The highest BCUT2D eigenvalue weighted by Crippen LogP contribution is 2.19. The van der Waals surface area contributed by atoms with E-state index >= 15 is 0 Å². The molecule has 0 radical (unpaired) electrons. The molecule has 0 bridgehead atoms. The number of hydrogen-bond donors (Lipinski definition) is 2. The molecule has 1 saturated heterocycles. The van der Waals surface area contributed by atoms with Crippen LogP contribution in [-0.4, -0.2) is 39.4 Å². The van der Waals surface area contributed by atoms with E-state index in [9.17, 15) is 0 Å². The van der Waals surface area contributed by atoms with Gasteiger partial charge in [0.2, 0.25) is 0 Å². The van der Waals surface area contributed by atoms with Crippen molar-refractivity contribution in [2.75, 3.05) is 33.3 Å². The minimum atomic E-state index is 0.458. The fourth-order valence-electron chi connectivity index (χ4n) is 1.88. The largest absolute Gasteiger partial charge is 0.378 e. The maximum Gasteiger partial charge on any atom is 0.0588 e. The lowest BCUT2D eigenvalue weighted by molar-refractivity contribution is 0.105. The second-order valence-electron chi connectivity index (χ2n) is 4.14. The highest BCUT2D eigenvalue weighted by molar-refractivity contribution is 4.74. The zero-order chi connectivity index (χ0) is 10.2. The zero-order valence-corrected chi connectivity index (χ0v) is 9.51. The molecule has 2 N–H and O–H groups in total. The van der Waals surface area contributed by atoms with Gasteiger partial charge in [0.25, 0.3) is 0 Å². The van der Waals surface area contributed by atoms with Crippen LogP contribution in [0.1, 0.15) is 26.2 Å². The molecule has 0 saturated carbocycles. The van der Waals surface area contributed by atoms with Gasteiger partial charge in [-0.3, -0.25) is 0 Å². The molecule has 0 aromatic carbocycles. The normalized spacial score (nSPS) is 27.0. The predicted molar refractivity (Wildman–Crippen MR) is 59.6 cm³/mol. The Bertz CT molecular complexity index is 141. The van der Waals surface area contributed by atoms with Gasteiger partial charge in [-0.1, -0.05) is 0 Å². The second-order valence-corrected chi connectivity index (χ2v) is 4.14. The van der Waals surface area contributed by atoms with Crippen LogP contribution in [0.15, 0.2) is 0 Å². The zero-order valence-electron chi connectivity index (χ0n) is 9.51. The Morgan fingerprint density at radius 1 is 1.29 bits per heavy atom. The molecule has 84 valence electrons. The van der Waals surface area contributed by atoms with Crippen LogP contribution in [0.5, 0.6) is 0 Å². The average Bonchev–Trinajstić information content (AvgIpc) is 2.58. The van der Waals surface area contributed by atoms with Crippen LogP contribution in [0.4, 0.5) is 0 Å². The van der Waals surface area contributed by atoms with Crippen molar-refractivity contribution in [3.63, 3.8) is 0 Å². The van der Waals surface area contributed by atoms with E-state index in [1.165, 1.54) is 19.3 Å². The van der Waals surface area contributed by atoms with Gasteiger partial charge in [0.15, 0.2) is 0 Å². The molecule has 3 heteroatoms. The van der Waals surface area contributed by atoms with E-state index in [0.717, 1.165) is 32.2 Å². The summed E-state index contributed by atoms with van der Waals surface area (Å²) in [7, 11) is 2.00. The van der Waals surface area contributed by atoms with Crippen molar-refractivity contribution in [3.8, 4) is 0 Å². The van der Waals surface area contributed by atoms with Crippen LogP contribution in [0.3, 0.4) is 0 Å². The number of rotatable bonds is 7. The molecule has 0 aromatic heterocycles. The van der Waals surface area contributed by atoms with Crippen LogP contribution in [0, 0.1) is 5.92 Å². The first-order valence-corrected chi connectivity index (χ1v) is 5.81. The minimum absolute atomic E-state index is 0.458. The minimum Gasteiger partial charge on any atom is -0.378 e. The van der Waals surface area contributed by atoms with Gasteiger partial charge in [-0.25, -0.2) is 0 Å².